The summed E-state index contributed by atoms with van der Waals surface area (Å²) in [7, 11) is 0. The number of nitrogens with one attached hydrogen (secondary N) is 2. The van der Waals surface area contributed by atoms with Crippen molar-refractivity contribution >= 4 is 33.6 Å². The SMILES string of the molecule is CCCC(C)NC(=O)Nc1c(Br)cccc1C(=O)O. The normalized spacial score (nSPS) is 11.7. The zero-order valence-electron chi connectivity index (χ0n) is 10.9. The molecule has 104 valence electrons. The Morgan fingerprint density at radius 2 is 2.11 bits per heavy atom. The average Bonchev–Trinajstić information content (AvgIpc) is 2.31. The number of para-hydroxylation sites is 1. The minimum Gasteiger partial charge on any atom is -0.478 e. The van der Waals surface area contributed by atoms with E-state index in [2.05, 4.69) is 26.6 Å². The van der Waals surface area contributed by atoms with Crippen LogP contribution in [0, 0.1) is 0 Å². The van der Waals surface area contributed by atoms with Gasteiger partial charge in [0.2, 0.25) is 0 Å². The van der Waals surface area contributed by atoms with Crippen LogP contribution in [-0.4, -0.2) is 23.1 Å². The Kier molecular flexibility index (Phi) is 5.82. The molecule has 0 heterocycles. The number of halogens is 1. The van der Waals surface area contributed by atoms with Gasteiger partial charge in [0, 0.05) is 10.5 Å². The third-order valence-corrected chi connectivity index (χ3v) is 3.24. The van der Waals surface area contributed by atoms with Gasteiger partial charge in [0.05, 0.1) is 11.3 Å². The summed E-state index contributed by atoms with van der Waals surface area (Å²) in [4.78, 5) is 22.9. The van der Waals surface area contributed by atoms with Gasteiger partial charge >= 0.3 is 12.0 Å². The van der Waals surface area contributed by atoms with Gasteiger partial charge in [-0.05, 0) is 41.4 Å². The molecule has 2 amide bonds. The highest BCUT2D eigenvalue weighted by Gasteiger charge is 2.15. The van der Waals surface area contributed by atoms with E-state index in [-0.39, 0.29) is 17.3 Å². The third-order valence-electron chi connectivity index (χ3n) is 2.58. The van der Waals surface area contributed by atoms with Crippen molar-refractivity contribution in [3.05, 3.63) is 28.2 Å². The Hall–Kier alpha value is -1.56. The van der Waals surface area contributed by atoms with Gasteiger partial charge in [0.25, 0.3) is 0 Å². The van der Waals surface area contributed by atoms with Gasteiger partial charge in [0.1, 0.15) is 0 Å². The van der Waals surface area contributed by atoms with E-state index in [4.69, 9.17) is 5.11 Å². The zero-order chi connectivity index (χ0) is 14.4. The van der Waals surface area contributed by atoms with Gasteiger partial charge in [-0.15, -0.1) is 0 Å². The molecule has 0 radical (unpaired) electrons. The molecule has 19 heavy (non-hydrogen) atoms. The van der Waals surface area contributed by atoms with E-state index in [9.17, 15) is 9.59 Å². The van der Waals surface area contributed by atoms with Crippen molar-refractivity contribution < 1.29 is 14.7 Å². The summed E-state index contributed by atoms with van der Waals surface area (Å²) < 4.78 is 0.533. The van der Waals surface area contributed by atoms with Crippen LogP contribution >= 0.6 is 15.9 Å². The number of urea groups is 1. The van der Waals surface area contributed by atoms with Crippen molar-refractivity contribution in [2.45, 2.75) is 32.7 Å². The van der Waals surface area contributed by atoms with Crippen molar-refractivity contribution in [3.8, 4) is 0 Å². The minimum atomic E-state index is -1.08. The van der Waals surface area contributed by atoms with E-state index in [0.717, 1.165) is 12.8 Å². The fourth-order valence-corrected chi connectivity index (χ4v) is 2.17. The first-order chi connectivity index (χ1) is 8.95. The zero-order valence-corrected chi connectivity index (χ0v) is 12.5. The standard InChI is InChI=1S/C13H17BrN2O3/c1-3-5-8(2)15-13(19)16-11-9(12(17)18)6-4-7-10(11)14/h4,6-8H,3,5H2,1-2H3,(H,17,18)(H2,15,16,19). The molecule has 0 saturated heterocycles. The molecule has 0 aliphatic carbocycles. The number of aromatic carboxylic acids is 1. The van der Waals surface area contributed by atoms with Crippen LogP contribution in [0.1, 0.15) is 37.0 Å². The lowest BCUT2D eigenvalue weighted by atomic mass is 10.2. The predicted molar refractivity (Wildman–Crippen MR) is 77.6 cm³/mol. The first kappa shape index (κ1) is 15.5. The number of amides is 2. The Labute approximate surface area is 120 Å². The predicted octanol–water partition coefficient (Wildman–Crippen LogP) is 3.46. The topological polar surface area (TPSA) is 78.4 Å². The lowest BCUT2D eigenvalue weighted by molar-refractivity contribution is 0.0698. The lowest BCUT2D eigenvalue weighted by Gasteiger charge is -2.15. The summed E-state index contributed by atoms with van der Waals surface area (Å²) in [6, 6.07) is 4.36. The Bertz CT molecular complexity index is 477. The van der Waals surface area contributed by atoms with Gasteiger partial charge in [0.15, 0.2) is 0 Å². The number of anilines is 1. The molecule has 3 N–H and O–H groups in total. The van der Waals surface area contributed by atoms with Gasteiger partial charge in [-0.1, -0.05) is 19.4 Å². The van der Waals surface area contributed by atoms with E-state index < -0.39 is 12.0 Å². The van der Waals surface area contributed by atoms with E-state index in [1.165, 1.54) is 6.07 Å². The lowest BCUT2D eigenvalue weighted by Crippen LogP contribution is -2.36. The number of carboxylic acid groups (broad SMARTS) is 1. The number of carbonyl (C=O) groups is 2. The highest BCUT2D eigenvalue weighted by molar-refractivity contribution is 9.10. The molecule has 1 atom stereocenters. The Morgan fingerprint density at radius 1 is 1.42 bits per heavy atom. The highest BCUT2D eigenvalue weighted by Crippen LogP contribution is 2.26. The van der Waals surface area contributed by atoms with Crippen molar-refractivity contribution in [1.29, 1.82) is 0 Å². The Balaban J connectivity index is 2.82. The van der Waals surface area contributed by atoms with Crippen LogP contribution < -0.4 is 10.6 Å². The molecule has 5 nitrogen and oxygen atoms in total. The van der Waals surface area contributed by atoms with E-state index in [0.29, 0.717) is 4.47 Å². The molecule has 6 heteroatoms. The molecule has 0 fully saturated rings. The quantitative estimate of drug-likeness (QED) is 0.774. The maximum absolute atomic E-state index is 11.8. The van der Waals surface area contributed by atoms with Crippen molar-refractivity contribution in [1.82, 2.24) is 5.32 Å². The number of benzene rings is 1. The van der Waals surface area contributed by atoms with Gasteiger partial charge < -0.3 is 15.7 Å². The molecular weight excluding hydrogens is 312 g/mol. The fourth-order valence-electron chi connectivity index (χ4n) is 1.71. The molecule has 0 spiro atoms. The number of carboxylic acids is 1. The molecule has 1 rings (SSSR count). The summed E-state index contributed by atoms with van der Waals surface area (Å²) in [5, 5.41) is 14.4. The summed E-state index contributed by atoms with van der Waals surface area (Å²) in [6.45, 7) is 3.94. The third kappa shape index (κ3) is 4.55. The van der Waals surface area contributed by atoms with Crippen molar-refractivity contribution in [2.75, 3.05) is 5.32 Å². The second-order valence-corrected chi connectivity index (χ2v) is 5.11. The van der Waals surface area contributed by atoms with Crippen LogP contribution in [0.3, 0.4) is 0 Å². The second-order valence-electron chi connectivity index (χ2n) is 4.26. The minimum absolute atomic E-state index is 0.0424. The van der Waals surface area contributed by atoms with Crippen LogP contribution in [0.5, 0.6) is 0 Å². The molecule has 0 aliphatic rings. The number of rotatable bonds is 5. The number of carbonyl (C=O) groups excluding carboxylic acids is 1. The molecule has 1 aromatic carbocycles. The van der Waals surface area contributed by atoms with Crippen LogP contribution in [0.25, 0.3) is 0 Å². The average molecular weight is 329 g/mol. The van der Waals surface area contributed by atoms with Crippen LogP contribution in [0.15, 0.2) is 22.7 Å². The molecule has 0 bridgehead atoms. The van der Waals surface area contributed by atoms with Crippen molar-refractivity contribution in [3.63, 3.8) is 0 Å². The Morgan fingerprint density at radius 3 is 2.68 bits per heavy atom. The molecular formula is C13H17BrN2O3. The maximum atomic E-state index is 11.8. The molecule has 0 aromatic heterocycles. The second kappa shape index (κ2) is 7.13. The molecule has 0 saturated carbocycles. The molecule has 0 aliphatic heterocycles. The van der Waals surface area contributed by atoms with Gasteiger partial charge in [-0.2, -0.15) is 0 Å². The largest absolute Gasteiger partial charge is 0.478 e. The van der Waals surface area contributed by atoms with E-state index >= 15 is 0 Å². The maximum Gasteiger partial charge on any atom is 0.337 e. The van der Waals surface area contributed by atoms with Crippen LogP contribution in [0.2, 0.25) is 0 Å². The summed E-state index contributed by atoms with van der Waals surface area (Å²) >= 11 is 3.24. The number of hydrogen-bond donors (Lipinski definition) is 3. The van der Waals surface area contributed by atoms with Crippen LogP contribution in [0.4, 0.5) is 10.5 Å². The fraction of sp³-hybridized carbons (Fsp3) is 0.385. The van der Waals surface area contributed by atoms with Gasteiger partial charge in [-0.25, -0.2) is 9.59 Å². The smallest absolute Gasteiger partial charge is 0.337 e. The number of hydrogen-bond acceptors (Lipinski definition) is 2. The summed E-state index contributed by atoms with van der Waals surface area (Å²) in [6.07, 6.45) is 1.84. The molecule has 1 aromatic rings. The molecule has 1 unspecified atom stereocenters. The first-order valence-electron chi connectivity index (χ1n) is 6.05. The highest BCUT2D eigenvalue weighted by atomic mass is 79.9. The monoisotopic (exact) mass is 328 g/mol. The van der Waals surface area contributed by atoms with Crippen LogP contribution in [-0.2, 0) is 0 Å². The van der Waals surface area contributed by atoms with Gasteiger partial charge in [-0.3, -0.25) is 0 Å². The van der Waals surface area contributed by atoms with E-state index in [1.807, 2.05) is 13.8 Å². The summed E-state index contributed by atoms with van der Waals surface area (Å²) in [5.74, 6) is -1.08. The summed E-state index contributed by atoms with van der Waals surface area (Å²) in [5.41, 5.74) is 0.309. The van der Waals surface area contributed by atoms with Crippen molar-refractivity contribution in [2.24, 2.45) is 0 Å². The first-order valence-corrected chi connectivity index (χ1v) is 6.84. The van der Waals surface area contributed by atoms with E-state index in [1.54, 1.807) is 12.1 Å².